The molecule has 1 fully saturated rings. The Hall–Kier alpha value is -3.13. The number of hydrogen-bond donors (Lipinski definition) is 3. The van der Waals surface area contributed by atoms with Crippen LogP contribution in [-0.4, -0.2) is 32.1 Å². The first kappa shape index (κ1) is 19.2. The molecular formula is C21H21FN4O3. The van der Waals surface area contributed by atoms with Crippen molar-refractivity contribution in [1.82, 2.24) is 15.0 Å². The lowest BCUT2D eigenvalue weighted by Crippen LogP contribution is -2.16. The lowest BCUT2D eigenvalue weighted by atomic mass is 10.0. The van der Waals surface area contributed by atoms with Crippen LogP contribution in [0.25, 0.3) is 22.0 Å². The van der Waals surface area contributed by atoms with Crippen LogP contribution < -0.4 is 10.9 Å². The number of aliphatic hydroxyl groups excluding tert-OH is 1. The molecule has 0 radical (unpaired) electrons. The van der Waals surface area contributed by atoms with E-state index in [1.54, 1.807) is 30.6 Å². The highest BCUT2D eigenvalue weighted by atomic mass is 19.1. The molecule has 8 heteroatoms. The van der Waals surface area contributed by atoms with E-state index in [2.05, 4.69) is 20.3 Å². The Labute approximate surface area is 166 Å². The van der Waals surface area contributed by atoms with Crippen LogP contribution >= 0.6 is 0 Å². The summed E-state index contributed by atoms with van der Waals surface area (Å²) in [5.41, 5.74) is 2.71. The average molecular weight is 396 g/mol. The Balaban J connectivity index is 1.66. The molecule has 3 aromatic heterocycles. The van der Waals surface area contributed by atoms with Gasteiger partial charge in [-0.3, -0.25) is 14.6 Å². The fraction of sp³-hybridized carbons (Fsp3) is 0.333. The van der Waals surface area contributed by atoms with E-state index in [0.29, 0.717) is 34.1 Å². The van der Waals surface area contributed by atoms with Crippen molar-refractivity contribution >= 4 is 22.6 Å². The lowest BCUT2D eigenvalue weighted by Gasteiger charge is -2.11. The van der Waals surface area contributed by atoms with E-state index in [4.69, 9.17) is 0 Å². The van der Waals surface area contributed by atoms with Crippen LogP contribution in [0.5, 0.6) is 0 Å². The van der Waals surface area contributed by atoms with Gasteiger partial charge < -0.3 is 15.4 Å². The topological polar surface area (TPSA) is 108 Å². The highest BCUT2D eigenvalue weighted by Crippen LogP contribution is 2.34. The number of nitrogens with zero attached hydrogens (tertiary/aromatic N) is 2. The summed E-state index contributed by atoms with van der Waals surface area (Å²) in [5, 5.41) is 13.2. The highest BCUT2D eigenvalue weighted by Gasteiger charge is 2.43. The molecule has 0 saturated heterocycles. The van der Waals surface area contributed by atoms with Crippen LogP contribution in [0.2, 0.25) is 0 Å². The number of fused-ring (bicyclic) bond motifs is 1. The minimum Gasteiger partial charge on any atom is -0.387 e. The van der Waals surface area contributed by atoms with Gasteiger partial charge in [0.05, 0.1) is 23.2 Å². The smallest absolute Gasteiger partial charge is 0.256 e. The largest absolute Gasteiger partial charge is 0.387 e. The van der Waals surface area contributed by atoms with Crippen molar-refractivity contribution in [1.29, 1.82) is 0 Å². The van der Waals surface area contributed by atoms with E-state index in [1.807, 2.05) is 13.8 Å². The summed E-state index contributed by atoms with van der Waals surface area (Å²) < 4.78 is 13.0. The van der Waals surface area contributed by atoms with Crippen LogP contribution in [0.1, 0.15) is 37.1 Å². The number of anilines is 1. The molecule has 3 heterocycles. The lowest BCUT2D eigenvalue weighted by molar-refractivity contribution is -0.117. The Morgan fingerprint density at radius 1 is 1.31 bits per heavy atom. The molecule has 1 aliphatic carbocycles. The van der Waals surface area contributed by atoms with Crippen molar-refractivity contribution in [3.8, 4) is 11.1 Å². The summed E-state index contributed by atoms with van der Waals surface area (Å²) in [6.07, 6.45) is 2.20. The number of amides is 1. The molecule has 1 aliphatic rings. The van der Waals surface area contributed by atoms with Crippen LogP contribution in [0.3, 0.4) is 0 Å². The first-order valence-electron chi connectivity index (χ1n) is 9.50. The molecule has 0 aliphatic heterocycles. The quantitative estimate of drug-likeness (QED) is 0.614. The molecule has 150 valence electrons. The summed E-state index contributed by atoms with van der Waals surface area (Å²) in [6, 6.07) is 5.05. The van der Waals surface area contributed by atoms with Crippen LogP contribution in [0.15, 0.2) is 35.4 Å². The standard InChI is InChI=1S/C21H21FN4O3/c1-3-18(27)17-4-10(2)14(9-23-17)12-5-11-8-24-19(7-16(11)25-20(12)28)26-21(29)13-6-15(13)22/h4-5,7-9,13,15,18,27H,3,6H2,1-2H3,(H,25,28)(H,24,26,29)/t13-,15+,18+/m1/s1. The van der Waals surface area contributed by atoms with Crippen LogP contribution in [0, 0.1) is 12.8 Å². The first-order chi connectivity index (χ1) is 13.9. The zero-order valence-electron chi connectivity index (χ0n) is 16.1. The molecule has 0 aromatic carbocycles. The summed E-state index contributed by atoms with van der Waals surface area (Å²) in [6.45, 7) is 3.73. The number of aliphatic hydroxyl groups is 1. The number of carbonyl (C=O) groups excluding carboxylic acids is 1. The molecule has 0 spiro atoms. The molecule has 3 atom stereocenters. The number of aromatic nitrogens is 3. The van der Waals surface area contributed by atoms with Gasteiger partial charge in [-0.25, -0.2) is 9.37 Å². The third-order valence-electron chi connectivity index (χ3n) is 5.18. The number of rotatable bonds is 5. The molecule has 1 saturated carbocycles. The molecule has 0 bridgehead atoms. The van der Waals surface area contributed by atoms with Crippen LogP contribution in [-0.2, 0) is 4.79 Å². The van der Waals surface area contributed by atoms with Gasteiger partial charge in [0.2, 0.25) is 5.91 Å². The van der Waals surface area contributed by atoms with E-state index in [1.165, 1.54) is 0 Å². The van der Waals surface area contributed by atoms with Gasteiger partial charge in [0.15, 0.2) is 0 Å². The average Bonchev–Trinajstić information content (AvgIpc) is 3.44. The fourth-order valence-electron chi connectivity index (χ4n) is 3.27. The number of carbonyl (C=O) groups is 1. The summed E-state index contributed by atoms with van der Waals surface area (Å²) in [7, 11) is 0. The first-order valence-corrected chi connectivity index (χ1v) is 9.50. The van der Waals surface area contributed by atoms with E-state index in [-0.39, 0.29) is 17.8 Å². The highest BCUT2D eigenvalue weighted by molar-refractivity contribution is 5.95. The maximum atomic E-state index is 13.0. The minimum absolute atomic E-state index is 0.237. The third-order valence-corrected chi connectivity index (χ3v) is 5.18. The normalized spacial score (nSPS) is 19.2. The molecule has 7 nitrogen and oxygen atoms in total. The van der Waals surface area contributed by atoms with Gasteiger partial charge in [-0.1, -0.05) is 6.92 Å². The second-order valence-corrected chi connectivity index (χ2v) is 7.36. The van der Waals surface area contributed by atoms with Gasteiger partial charge in [-0.15, -0.1) is 0 Å². The zero-order valence-corrected chi connectivity index (χ0v) is 16.1. The number of alkyl halides is 1. The Morgan fingerprint density at radius 2 is 2.07 bits per heavy atom. The second-order valence-electron chi connectivity index (χ2n) is 7.36. The second kappa shape index (κ2) is 7.36. The number of halogens is 1. The zero-order chi connectivity index (χ0) is 20.7. The molecular weight excluding hydrogens is 375 g/mol. The van der Waals surface area contributed by atoms with E-state index >= 15 is 0 Å². The molecule has 3 aromatic rings. The molecule has 1 amide bonds. The van der Waals surface area contributed by atoms with Gasteiger partial charge in [0, 0.05) is 35.0 Å². The van der Waals surface area contributed by atoms with Crippen molar-refractivity contribution in [3.05, 3.63) is 52.2 Å². The van der Waals surface area contributed by atoms with Crippen LogP contribution in [0.4, 0.5) is 10.2 Å². The number of pyridine rings is 3. The van der Waals surface area contributed by atoms with Crippen molar-refractivity contribution in [3.63, 3.8) is 0 Å². The summed E-state index contributed by atoms with van der Waals surface area (Å²) in [5.74, 6) is -0.751. The van der Waals surface area contributed by atoms with E-state index in [9.17, 15) is 19.1 Å². The monoisotopic (exact) mass is 396 g/mol. The molecule has 3 N–H and O–H groups in total. The van der Waals surface area contributed by atoms with Gasteiger partial charge in [0.1, 0.15) is 12.0 Å². The van der Waals surface area contributed by atoms with Gasteiger partial charge in [-0.05, 0) is 37.5 Å². The SMILES string of the molecule is CC[C@H](O)c1cc(C)c(-c2cc3cnc(NC(=O)[C@@H]4C[C@@H]4F)cc3[nH]c2=O)cn1. The minimum atomic E-state index is -1.08. The number of H-pyrrole nitrogens is 1. The number of nitrogens with one attached hydrogen (secondary N) is 2. The maximum Gasteiger partial charge on any atom is 0.256 e. The predicted octanol–water partition coefficient (Wildman–Crippen LogP) is 3.03. The summed E-state index contributed by atoms with van der Waals surface area (Å²) >= 11 is 0. The number of aryl methyl sites for hydroxylation is 1. The Kier molecular flexibility index (Phi) is 4.87. The fourth-order valence-corrected chi connectivity index (χ4v) is 3.27. The van der Waals surface area contributed by atoms with Gasteiger partial charge in [-0.2, -0.15) is 0 Å². The van der Waals surface area contributed by atoms with Crippen molar-refractivity contribution < 1.29 is 14.3 Å². The summed E-state index contributed by atoms with van der Waals surface area (Å²) in [4.78, 5) is 35.8. The number of hydrogen-bond acceptors (Lipinski definition) is 5. The van der Waals surface area contributed by atoms with Gasteiger partial charge in [0.25, 0.3) is 5.56 Å². The molecule has 0 unspecified atom stereocenters. The third kappa shape index (κ3) is 3.75. The van der Waals surface area contributed by atoms with Gasteiger partial charge >= 0.3 is 0 Å². The Morgan fingerprint density at radius 3 is 2.72 bits per heavy atom. The maximum absolute atomic E-state index is 13.0. The molecule has 4 rings (SSSR count). The predicted molar refractivity (Wildman–Crippen MR) is 107 cm³/mol. The molecule has 29 heavy (non-hydrogen) atoms. The van der Waals surface area contributed by atoms with Crippen molar-refractivity contribution in [2.45, 2.75) is 39.0 Å². The van der Waals surface area contributed by atoms with E-state index in [0.717, 1.165) is 5.56 Å². The number of aromatic amines is 1. The van der Waals surface area contributed by atoms with Crippen molar-refractivity contribution in [2.75, 3.05) is 5.32 Å². The van der Waals surface area contributed by atoms with Crippen molar-refractivity contribution in [2.24, 2.45) is 5.92 Å². The Bertz CT molecular complexity index is 1160. The van der Waals surface area contributed by atoms with E-state index < -0.39 is 24.1 Å².